The maximum atomic E-state index is 6.78. The van der Waals surface area contributed by atoms with Crippen molar-refractivity contribution in [1.82, 2.24) is 0 Å². The Labute approximate surface area is 351 Å². The first-order chi connectivity index (χ1) is 29.8. The van der Waals surface area contributed by atoms with Gasteiger partial charge in [0, 0.05) is 28.2 Å². The molecule has 60 heavy (non-hydrogen) atoms. The van der Waals surface area contributed by atoms with Crippen molar-refractivity contribution in [3.63, 3.8) is 0 Å². The van der Waals surface area contributed by atoms with Crippen molar-refractivity contribution in [2.75, 3.05) is 4.90 Å². The molecule has 281 valence electrons. The van der Waals surface area contributed by atoms with E-state index in [0.717, 1.165) is 28.6 Å². The van der Waals surface area contributed by atoms with Gasteiger partial charge in [-0.05, 0) is 103 Å². The topological polar surface area (TPSA) is 12.5 Å². The minimum atomic E-state index is -1.43. The van der Waals surface area contributed by atoms with E-state index in [1.54, 1.807) is 0 Å². The maximum Gasteiger partial charge on any atom is 0.155 e. The van der Waals surface area contributed by atoms with Crippen molar-refractivity contribution >= 4 is 63.0 Å². The molecule has 2 aliphatic rings. The lowest BCUT2D eigenvalue weighted by Crippen LogP contribution is -2.62. The average molecular weight is 781 g/mol. The van der Waals surface area contributed by atoms with Crippen LogP contribution in [-0.2, 0) is 5.41 Å². The third-order valence-electron chi connectivity index (χ3n) is 12.6. The molecule has 12 rings (SSSR count). The normalized spacial score (nSPS) is 13.5. The van der Waals surface area contributed by atoms with Crippen LogP contribution >= 0.6 is 0 Å². The first-order valence-corrected chi connectivity index (χ1v) is 22.2. The minimum Gasteiger partial charge on any atom is -0.457 e. The molecule has 0 amide bonds. The Hall–Kier alpha value is -7.46. The number of fused-ring (bicyclic) bond motifs is 11. The minimum absolute atomic E-state index is 0.624. The molecular formula is C57H38NOSi. The Bertz CT molecular complexity index is 3200. The number of hydrogen-bond acceptors (Lipinski definition) is 2. The largest absolute Gasteiger partial charge is 0.457 e. The summed E-state index contributed by atoms with van der Waals surface area (Å²) in [6.45, 7) is 0. The molecule has 2 heterocycles. The lowest BCUT2D eigenvalue weighted by Gasteiger charge is -2.47. The van der Waals surface area contributed by atoms with E-state index in [-0.39, 0.29) is 0 Å². The van der Waals surface area contributed by atoms with Gasteiger partial charge in [0.25, 0.3) is 0 Å². The summed E-state index contributed by atoms with van der Waals surface area (Å²) in [5, 5.41) is 9.16. The first-order valence-electron chi connectivity index (χ1n) is 20.7. The number of ether oxygens (including phenoxy) is 1. The van der Waals surface area contributed by atoms with Crippen LogP contribution in [0.15, 0.2) is 231 Å². The van der Waals surface area contributed by atoms with E-state index in [0.29, 0.717) is 0 Å². The molecule has 0 fully saturated rings. The summed E-state index contributed by atoms with van der Waals surface area (Å²) in [5.41, 5.74) is 10.0. The molecule has 0 aliphatic carbocycles. The Balaban J connectivity index is 1.15. The Morgan fingerprint density at radius 3 is 1.65 bits per heavy atom. The third kappa shape index (κ3) is 5.26. The van der Waals surface area contributed by atoms with Crippen LogP contribution in [0.5, 0.6) is 11.5 Å². The van der Waals surface area contributed by atoms with Crippen molar-refractivity contribution in [3.8, 4) is 22.6 Å². The number of nitrogens with zero attached hydrogens (tertiary/aromatic N) is 1. The Morgan fingerprint density at radius 2 is 0.883 bits per heavy atom. The van der Waals surface area contributed by atoms with Crippen molar-refractivity contribution < 1.29 is 4.74 Å². The predicted octanol–water partition coefficient (Wildman–Crippen LogP) is 12.4. The van der Waals surface area contributed by atoms with Gasteiger partial charge >= 0.3 is 0 Å². The van der Waals surface area contributed by atoms with E-state index in [4.69, 9.17) is 4.74 Å². The summed E-state index contributed by atoms with van der Waals surface area (Å²) >= 11 is 0. The van der Waals surface area contributed by atoms with Crippen molar-refractivity contribution in [1.29, 1.82) is 0 Å². The zero-order valence-electron chi connectivity index (χ0n) is 32.8. The molecule has 10 aromatic rings. The molecule has 2 nitrogen and oxygen atoms in total. The molecule has 10 aromatic carbocycles. The SMILES string of the molecule is c1ccc(-c2ccc(N(c3ccc4c(c3)C3(c5ccccc5Oc5ccccc53)c3ccccc3[Si]4c3ccccc3)c3ccc4c(ccc5ccccc54)c3)cc2)cc1. The number of benzene rings is 10. The van der Waals surface area contributed by atoms with Gasteiger partial charge < -0.3 is 9.64 Å². The maximum absolute atomic E-state index is 6.78. The van der Waals surface area contributed by atoms with Crippen molar-refractivity contribution in [2.45, 2.75) is 5.41 Å². The quantitative estimate of drug-likeness (QED) is 0.127. The molecule has 0 saturated heterocycles. The highest BCUT2D eigenvalue weighted by atomic mass is 28.3. The van der Waals surface area contributed by atoms with Crippen LogP contribution in [0.3, 0.4) is 0 Å². The third-order valence-corrected chi connectivity index (χ3v) is 15.5. The highest BCUT2D eigenvalue weighted by Crippen LogP contribution is 2.56. The van der Waals surface area contributed by atoms with Crippen molar-refractivity contribution in [3.05, 3.63) is 253 Å². The summed E-state index contributed by atoms with van der Waals surface area (Å²) in [6.07, 6.45) is 0. The van der Waals surface area contributed by atoms with E-state index >= 15 is 0 Å². The molecule has 1 radical (unpaired) electrons. The second-order valence-electron chi connectivity index (χ2n) is 15.8. The standard InChI is InChI=1S/C57H38NOSi/c1-3-15-39(16-4-1)40-29-31-43(32-30-40)58(44-33-35-48-42(37-44)28-27-41-17-7-8-20-47(41)48)45-34-36-56-52(38-45)57(49-21-9-12-24-53(49)59-54-25-13-10-22-50(54)57)51-23-11-14-26-55(51)60(56)46-18-5-2-6-19-46/h1-38H. The fourth-order valence-corrected chi connectivity index (χ4v) is 13.0. The van der Waals surface area contributed by atoms with Gasteiger partial charge in [-0.25, -0.2) is 0 Å². The van der Waals surface area contributed by atoms with E-state index in [1.165, 1.54) is 70.5 Å². The van der Waals surface area contributed by atoms with Crippen LogP contribution in [0.1, 0.15) is 22.3 Å². The molecule has 3 heteroatoms. The van der Waals surface area contributed by atoms with E-state index in [9.17, 15) is 0 Å². The van der Waals surface area contributed by atoms with Gasteiger partial charge in [0.1, 0.15) is 11.5 Å². The average Bonchev–Trinajstić information content (AvgIpc) is 3.32. The van der Waals surface area contributed by atoms with E-state index < -0.39 is 14.2 Å². The molecule has 0 bridgehead atoms. The number of hydrogen-bond donors (Lipinski definition) is 0. The van der Waals surface area contributed by atoms with Gasteiger partial charge in [0.05, 0.1) is 5.41 Å². The van der Waals surface area contributed by atoms with Gasteiger partial charge in [0.2, 0.25) is 0 Å². The summed E-state index contributed by atoms with van der Waals surface area (Å²) in [5.74, 6) is 1.79. The van der Waals surface area contributed by atoms with Gasteiger partial charge in [-0.3, -0.25) is 0 Å². The lowest BCUT2D eigenvalue weighted by molar-refractivity contribution is 0.435. The second kappa shape index (κ2) is 13.8. The second-order valence-corrected chi connectivity index (χ2v) is 18.2. The summed E-state index contributed by atoms with van der Waals surface area (Å²) in [6, 6.07) is 84.9. The summed E-state index contributed by atoms with van der Waals surface area (Å²) < 4.78 is 6.78. The van der Waals surface area contributed by atoms with E-state index in [1.807, 2.05) is 0 Å². The first kappa shape index (κ1) is 34.6. The fraction of sp³-hybridized carbons (Fsp3) is 0.0175. The highest BCUT2D eigenvalue weighted by molar-refractivity contribution is 6.96. The molecule has 0 saturated carbocycles. The van der Waals surface area contributed by atoms with Gasteiger partial charge in [-0.1, -0.05) is 187 Å². The molecule has 1 spiro atoms. The van der Waals surface area contributed by atoms with Crippen LogP contribution in [0.2, 0.25) is 0 Å². The smallest absolute Gasteiger partial charge is 0.155 e. The number of para-hydroxylation sites is 2. The molecule has 0 aromatic heterocycles. The summed E-state index contributed by atoms with van der Waals surface area (Å²) in [4.78, 5) is 2.45. The zero-order chi connectivity index (χ0) is 39.6. The Morgan fingerprint density at radius 1 is 0.350 bits per heavy atom. The molecule has 2 aliphatic heterocycles. The molecule has 0 unspecified atom stereocenters. The highest BCUT2D eigenvalue weighted by Gasteiger charge is 2.51. The van der Waals surface area contributed by atoms with Gasteiger partial charge in [0.15, 0.2) is 8.80 Å². The molecular weight excluding hydrogens is 743 g/mol. The van der Waals surface area contributed by atoms with Gasteiger partial charge in [-0.2, -0.15) is 0 Å². The monoisotopic (exact) mass is 780 g/mol. The van der Waals surface area contributed by atoms with Crippen LogP contribution < -0.4 is 25.2 Å². The number of anilines is 3. The Kier molecular flexibility index (Phi) is 7.97. The lowest BCUT2D eigenvalue weighted by atomic mass is 9.63. The van der Waals surface area contributed by atoms with Crippen LogP contribution in [0.25, 0.3) is 32.7 Å². The van der Waals surface area contributed by atoms with E-state index in [2.05, 4.69) is 235 Å². The predicted molar refractivity (Wildman–Crippen MR) is 251 cm³/mol. The van der Waals surface area contributed by atoms with Gasteiger partial charge in [-0.15, -0.1) is 0 Å². The number of rotatable bonds is 5. The fourth-order valence-electron chi connectivity index (χ4n) is 10.0. The van der Waals surface area contributed by atoms with Crippen LogP contribution in [-0.4, -0.2) is 8.80 Å². The summed E-state index contributed by atoms with van der Waals surface area (Å²) in [7, 11) is -1.43. The molecule has 0 N–H and O–H groups in total. The van der Waals surface area contributed by atoms with Crippen molar-refractivity contribution in [2.24, 2.45) is 0 Å². The van der Waals surface area contributed by atoms with Crippen LogP contribution in [0.4, 0.5) is 17.1 Å². The zero-order valence-corrected chi connectivity index (χ0v) is 33.8. The van der Waals surface area contributed by atoms with Crippen LogP contribution in [0, 0.1) is 0 Å². The molecule has 0 atom stereocenters.